The van der Waals surface area contributed by atoms with Crippen LogP contribution in [0.5, 0.6) is 0 Å². The van der Waals surface area contributed by atoms with Crippen LogP contribution >= 0.6 is 0 Å². The fourth-order valence-electron chi connectivity index (χ4n) is 3.71. The Bertz CT molecular complexity index is 1170. The molecule has 0 aliphatic rings. The van der Waals surface area contributed by atoms with Gasteiger partial charge in [-0.15, -0.1) is 0 Å². The number of aromatic nitrogens is 4. The molecule has 1 atom stereocenters. The second-order valence-electron chi connectivity index (χ2n) is 7.91. The van der Waals surface area contributed by atoms with E-state index in [-0.39, 0.29) is 6.04 Å². The largest absolute Gasteiger partial charge is 0.478 e. The van der Waals surface area contributed by atoms with Crippen molar-refractivity contribution in [2.75, 3.05) is 5.32 Å². The van der Waals surface area contributed by atoms with Gasteiger partial charge in [0.25, 0.3) is 0 Å². The lowest BCUT2D eigenvalue weighted by atomic mass is 10.0. The lowest BCUT2D eigenvalue weighted by Gasteiger charge is -2.20. The maximum absolute atomic E-state index is 11.1. The number of carbonyl (C=O) groups is 1. The maximum Gasteiger partial charge on any atom is 0.335 e. The molecule has 7 heteroatoms. The molecule has 0 spiro atoms. The molecule has 3 heterocycles. The number of carboxylic acid groups (broad SMARTS) is 1. The van der Waals surface area contributed by atoms with Crippen molar-refractivity contribution in [1.29, 1.82) is 0 Å². The van der Waals surface area contributed by atoms with E-state index in [4.69, 9.17) is 5.11 Å². The Morgan fingerprint density at radius 3 is 2.58 bits per heavy atom. The summed E-state index contributed by atoms with van der Waals surface area (Å²) in [7, 11) is 0. The van der Waals surface area contributed by atoms with Crippen LogP contribution in [-0.4, -0.2) is 30.8 Å². The Morgan fingerprint density at radius 2 is 1.91 bits per heavy atom. The molecule has 2 N–H and O–H groups in total. The molecule has 3 aromatic heterocycles. The van der Waals surface area contributed by atoms with Gasteiger partial charge in [-0.3, -0.25) is 14.6 Å². The first-order valence-electron chi connectivity index (χ1n) is 11.1. The number of benzene rings is 1. The first-order chi connectivity index (χ1) is 16.1. The van der Waals surface area contributed by atoms with Gasteiger partial charge in [0, 0.05) is 36.6 Å². The molecule has 0 bridgehead atoms. The number of anilines is 1. The van der Waals surface area contributed by atoms with Gasteiger partial charge in [-0.25, -0.2) is 4.79 Å². The minimum atomic E-state index is -0.913. The number of pyridine rings is 2. The van der Waals surface area contributed by atoms with Gasteiger partial charge in [0.1, 0.15) is 0 Å². The summed E-state index contributed by atoms with van der Waals surface area (Å²) in [6.07, 6.45) is 10.2. The summed E-state index contributed by atoms with van der Waals surface area (Å²) >= 11 is 0. The van der Waals surface area contributed by atoms with Gasteiger partial charge in [0.15, 0.2) is 0 Å². The average molecular weight is 442 g/mol. The Kier molecular flexibility index (Phi) is 7.09. The highest BCUT2D eigenvalue weighted by Crippen LogP contribution is 2.24. The first-order valence-corrected chi connectivity index (χ1v) is 11.1. The predicted octanol–water partition coefficient (Wildman–Crippen LogP) is 5.23. The molecule has 0 radical (unpaired) electrons. The fourth-order valence-corrected chi connectivity index (χ4v) is 3.71. The minimum absolute atomic E-state index is 0.0968. The van der Waals surface area contributed by atoms with Gasteiger partial charge >= 0.3 is 5.97 Å². The number of aryl methyl sites for hydroxylation is 2. The molecular formula is C26H27N5O2. The van der Waals surface area contributed by atoms with Crippen LogP contribution in [0.1, 0.15) is 47.4 Å². The van der Waals surface area contributed by atoms with Gasteiger partial charge in [-0.1, -0.05) is 31.5 Å². The highest BCUT2D eigenvalue weighted by Gasteiger charge is 2.12. The molecule has 1 aromatic carbocycles. The molecule has 0 saturated heterocycles. The van der Waals surface area contributed by atoms with Crippen LogP contribution in [0.2, 0.25) is 0 Å². The zero-order chi connectivity index (χ0) is 23.0. The highest BCUT2D eigenvalue weighted by molar-refractivity contribution is 5.87. The molecule has 0 amide bonds. The van der Waals surface area contributed by atoms with Crippen LogP contribution < -0.4 is 5.32 Å². The Morgan fingerprint density at radius 1 is 1.06 bits per heavy atom. The standard InChI is InChI=1S/C26H27N5O2/c1-2-5-25(19-7-9-20(10-8-19)26(32)33)30-23-12-11-22(28-17-23)13-15-31-18-21(16-29-31)24-6-3-4-14-27-24/h3-4,6-12,14,16-18,25,30H,2,5,13,15H2,1H3,(H,32,33). The van der Waals surface area contributed by atoms with E-state index in [2.05, 4.69) is 27.3 Å². The third-order valence-electron chi connectivity index (χ3n) is 5.49. The molecule has 1 unspecified atom stereocenters. The smallest absolute Gasteiger partial charge is 0.335 e. The Balaban J connectivity index is 1.36. The zero-order valence-electron chi connectivity index (χ0n) is 18.6. The van der Waals surface area contributed by atoms with Crippen molar-refractivity contribution in [1.82, 2.24) is 19.7 Å². The molecule has 168 valence electrons. The number of hydrogen-bond acceptors (Lipinski definition) is 5. The van der Waals surface area contributed by atoms with E-state index in [1.165, 1.54) is 0 Å². The van der Waals surface area contributed by atoms with Crippen molar-refractivity contribution in [3.8, 4) is 11.3 Å². The van der Waals surface area contributed by atoms with Gasteiger partial charge in [-0.05, 0) is 48.4 Å². The summed E-state index contributed by atoms with van der Waals surface area (Å²) < 4.78 is 1.91. The van der Waals surface area contributed by atoms with Crippen LogP contribution in [-0.2, 0) is 13.0 Å². The van der Waals surface area contributed by atoms with Crippen molar-refractivity contribution in [3.05, 3.63) is 96.2 Å². The van der Waals surface area contributed by atoms with E-state index in [1.807, 2.05) is 65.7 Å². The van der Waals surface area contributed by atoms with Crippen molar-refractivity contribution in [2.24, 2.45) is 0 Å². The van der Waals surface area contributed by atoms with Gasteiger partial charge in [0.05, 0.1) is 35.4 Å². The first kappa shape index (κ1) is 22.2. The summed E-state index contributed by atoms with van der Waals surface area (Å²) in [6, 6.07) is 17.1. The molecule has 33 heavy (non-hydrogen) atoms. The molecule has 0 aliphatic carbocycles. The molecule has 7 nitrogen and oxygen atoms in total. The summed E-state index contributed by atoms with van der Waals surface area (Å²) in [5.41, 5.74) is 5.21. The summed E-state index contributed by atoms with van der Waals surface area (Å²) in [5, 5.41) is 17.1. The van der Waals surface area contributed by atoms with Crippen LogP contribution in [0.25, 0.3) is 11.3 Å². The van der Waals surface area contributed by atoms with Crippen LogP contribution in [0.15, 0.2) is 79.4 Å². The van der Waals surface area contributed by atoms with Gasteiger partial charge in [-0.2, -0.15) is 5.10 Å². The van der Waals surface area contributed by atoms with Crippen LogP contribution in [0, 0.1) is 0 Å². The molecule has 0 fully saturated rings. The van der Waals surface area contributed by atoms with Crippen molar-refractivity contribution >= 4 is 11.7 Å². The number of nitrogens with zero attached hydrogens (tertiary/aromatic N) is 4. The Labute approximate surface area is 193 Å². The van der Waals surface area contributed by atoms with E-state index in [0.717, 1.165) is 54.0 Å². The minimum Gasteiger partial charge on any atom is -0.478 e. The average Bonchev–Trinajstić information content (AvgIpc) is 3.33. The molecule has 0 aliphatic heterocycles. The van der Waals surface area contributed by atoms with Gasteiger partial charge < -0.3 is 10.4 Å². The lowest BCUT2D eigenvalue weighted by molar-refractivity contribution is 0.0697. The van der Waals surface area contributed by atoms with Crippen LogP contribution in [0.4, 0.5) is 5.69 Å². The number of aromatic carboxylic acids is 1. The molecule has 4 aromatic rings. The number of nitrogens with one attached hydrogen (secondary N) is 1. The summed E-state index contributed by atoms with van der Waals surface area (Å²) in [6.45, 7) is 2.87. The second kappa shape index (κ2) is 10.5. The summed E-state index contributed by atoms with van der Waals surface area (Å²) in [5.74, 6) is -0.913. The van der Waals surface area contributed by atoms with Crippen molar-refractivity contribution in [2.45, 2.75) is 38.8 Å². The number of carboxylic acids is 1. The predicted molar refractivity (Wildman–Crippen MR) is 128 cm³/mol. The number of rotatable bonds is 10. The van der Waals surface area contributed by atoms with Crippen molar-refractivity contribution in [3.63, 3.8) is 0 Å². The van der Waals surface area contributed by atoms with Crippen molar-refractivity contribution < 1.29 is 9.90 Å². The highest BCUT2D eigenvalue weighted by atomic mass is 16.4. The topological polar surface area (TPSA) is 92.9 Å². The second-order valence-corrected chi connectivity index (χ2v) is 7.91. The fraction of sp³-hybridized carbons (Fsp3) is 0.231. The lowest BCUT2D eigenvalue weighted by Crippen LogP contribution is -2.11. The molecule has 0 saturated carbocycles. The Hall–Kier alpha value is -4.00. The SMILES string of the molecule is CCCC(Nc1ccc(CCn2cc(-c3ccccn3)cn2)nc1)c1ccc(C(=O)O)cc1. The third kappa shape index (κ3) is 5.83. The van der Waals surface area contributed by atoms with Crippen LogP contribution in [0.3, 0.4) is 0 Å². The van der Waals surface area contributed by atoms with Gasteiger partial charge in [0.2, 0.25) is 0 Å². The van der Waals surface area contributed by atoms with E-state index in [0.29, 0.717) is 5.56 Å². The zero-order valence-corrected chi connectivity index (χ0v) is 18.6. The van der Waals surface area contributed by atoms with E-state index < -0.39 is 5.97 Å². The monoisotopic (exact) mass is 441 g/mol. The molecular weight excluding hydrogens is 414 g/mol. The summed E-state index contributed by atoms with van der Waals surface area (Å²) in [4.78, 5) is 20.1. The van der Waals surface area contributed by atoms with E-state index >= 15 is 0 Å². The quantitative estimate of drug-likeness (QED) is 0.350. The third-order valence-corrected chi connectivity index (χ3v) is 5.49. The molecule has 4 rings (SSSR count). The maximum atomic E-state index is 11.1. The van der Waals surface area contributed by atoms with E-state index in [9.17, 15) is 4.79 Å². The van der Waals surface area contributed by atoms with E-state index in [1.54, 1.807) is 18.3 Å². The number of hydrogen-bond donors (Lipinski definition) is 2. The normalized spacial score (nSPS) is 11.8.